The van der Waals surface area contributed by atoms with Gasteiger partial charge in [0, 0.05) is 52.1 Å². The average molecular weight is 1100 g/mol. The van der Waals surface area contributed by atoms with E-state index in [1.807, 2.05) is 0 Å². The Balaban J connectivity index is 2.65. The number of ether oxygens (including phenoxy) is 3. The number of aldehydes is 1. The van der Waals surface area contributed by atoms with Crippen LogP contribution in [-0.4, -0.2) is 125 Å². The highest BCUT2D eigenvalue weighted by Crippen LogP contribution is 2.16. The second-order valence-electron chi connectivity index (χ2n) is 20.9. The molecule has 6 amide bonds. The van der Waals surface area contributed by atoms with E-state index in [0.717, 1.165) is 38.5 Å². The van der Waals surface area contributed by atoms with Crippen LogP contribution in [0.1, 0.15) is 231 Å². The van der Waals surface area contributed by atoms with Gasteiger partial charge in [-0.05, 0) is 62.6 Å². The van der Waals surface area contributed by atoms with E-state index in [9.17, 15) is 38.7 Å². The van der Waals surface area contributed by atoms with Crippen molar-refractivity contribution in [1.82, 2.24) is 31.9 Å². The standard InChI is InChI=1S/C61H108N6O11/c1-3-5-7-9-11-13-15-17-19-21-23-25-27-34-56(70)62-40-30-29-33-54(66-57(71)35-28-26-24-22-20-18-16-14-12-10-8-6-4-2)61(75)67-55(49-52-36-38-53(69)39-37-52)60(74)65-50-58(72)63-41-31-43-76-45-47-78-48-46-77-44-32-42-64-59(73)51-68/h36-39,51,54-55,69H,3-35,40-50H2,1-2H3,(H,62,70)(H,63,72)(H,64,73)(H,65,74)(H,66,71)(H,67,75)/t54-,55-/m0/s1. The molecule has 1 rings (SSSR count). The first-order valence-corrected chi connectivity index (χ1v) is 30.7. The molecule has 0 spiro atoms. The quantitative estimate of drug-likeness (QED) is 0.0184. The summed E-state index contributed by atoms with van der Waals surface area (Å²) in [7, 11) is 0. The van der Waals surface area contributed by atoms with Gasteiger partial charge in [-0.2, -0.15) is 0 Å². The second-order valence-corrected chi connectivity index (χ2v) is 20.9. The van der Waals surface area contributed by atoms with Gasteiger partial charge in [0.1, 0.15) is 17.8 Å². The first kappa shape index (κ1) is 71.4. The van der Waals surface area contributed by atoms with Gasteiger partial charge in [0.15, 0.2) is 0 Å². The third kappa shape index (κ3) is 45.3. The zero-order chi connectivity index (χ0) is 56.8. The first-order chi connectivity index (χ1) is 38.1. The Morgan fingerprint density at radius 1 is 0.436 bits per heavy atom. The lowest BCUT2D eigenvalue weighted by Gasteiger charge is -2.23. The molecule has 0 saturated heterocycles. The summed E-state index contributed by atoms with van der Waals surface area (Å²) in [6.07, 6.45) is 35.4. The topological polar surface area (TPSA) is 240 Å². The van der Waals surface area contributed by atoms with Crippen molar-refractivity contribution in [2.24, 2.45) is 0 Å². The van der Waals surface area contributed by atoms with Crippen molar-refractivity contribution in [2.75, 3.05) is 65.8 Å². The molecule has 0 saturated carbocycles. The highest BCUT2D eigenvalue weighted by atomic mass is 16.5. The molecule has 7 N–H and O–H groups in total. The van der Waals surface area contributed by atoms with Gasteiger partial charge in [0.25, 0.3) is 5.91 Å². The summed E-state index contributed by atoms with van der Waals surface area (Å²) in [5, 5.41) is 26.6. The zero-order valence-electron chi connectivity index (χ0n) is 48.7. The van der Waals surface area contributed by atoms with Gasteiger partial charge < -0.3 is 51.2 Å². The summed E-state index contributed by atoms with van der Waals surface area (Å²) in [6, 6.07) is 4.30. The van der Waals surface area contributed by atoms with Crippen LogP contribution in [0.2, 0.25) is 0 Å². The minimum atomic E-state index is -1.09. The number of carbonyl (C=O) groups is 7. The highest BCUT2D eigenvalue weighted by Gasteiger charge is 2.27. The molecule has 0 bridgehead atoms. The van der Waals surface area contributed by atoms with Crippen LogP contribution in [-0.2, 0) is 54.2 Å². The third-order valence-electron chi connectivity index (χ3n) is 13.7. The number of nitrogens with one attached hydrogen (secondary N) is 6. The molecule has 448 valence electrons. The summed E-state index contributed by atoms with van der Waals surface area (Å²) < 4.78 is 16.5. The molecular weight excluding hydrogens is 993 g/mol. The molecule has 0 aromatic heterocycles. The monoisotopic (exact) mass is 1100 g/mol. The number of hydrogen-bond donors (Lipinski definition) is 7. The van der Waals surface area contributed by atoms with Crippen molar-refractivity contribution < 1.29 is 52.9 Å². The number of aromatic hydroxyl groups is 1. The molecule has 0 unspecified atom stereocenters. The van der Waals surface area contributed by atoms with E-state index in [2.05, 4.69) is 45.7 Å². The van der Waals surface area contributed by atoms with Gasteiger partial charge >= 0.3 is 0 Å². The van der Waals surface area contributed by atoms with Crippen LogP contribution in [0, 0.1) is 0 Å². The van der Waals surface area contributed by atoms with Crippen LogP contribution in [0.5, 0.6) is 5.75 Å². The van der Waals surface area contributed by atoms with Gasteiger partial charge in [-0.25, -0.2) is 0 Å². The number of benzene rings is 1. The molecular formula is C61H108N6O11. The Bertz CT molecular complexity index is 1670. The van der Waals surface area contributed by atoms with E-state index in [1.54, 1.807) is 12.1 Å². The van der Waals surface area contributed by atoms with E-state index in [-0.39, 0.29) is 43.2 Å². The number of carbonyl (C=O) groups excluding carboxylic acids is 7. The maximum atomic E-state index is 14.1. The van der Waals surface area contributed by atoms with Gasteiger partial charge in [0.2, 0.25) is 35.8 Å². The fourth-order valence-corrected chi connectivity index (χ4v) is 9.01. The third-order valence-corrected chi connectivity index (χ3v) is 13.7. The van der Waals surface area contributed by atoms with Crippen LogP contribution in [0.3, 0.4) is 0 Å². The SMILES string of the molecule is CCCCCCCCCCCCCCCC(=O)NCCCC[C@H](NC(=O)CCCCCCCCCCCCCCC)C(=O)N[C@@H](Cc1ccc(O)cc1)C(=O)NCC(=O)NCCCOCCOCCOCCCNC(=O)C=O. The largest absolute Gasteiger partial charge is 0.508 e. The molecule has 0 heterocycles. The molecule has 0 radical (unpaired) electrons. The molecule has 0 aliphatic carbocycles. The van der Waals surface area contributed by atoms with Gasteiger partial charge in [-0.1, -0.05) is 180 Å². The molecule has 0 aliphatic heterocycles. The van der Waals surface area contributed by atoms with Gasteiger partial charge in [-0.15, -0.1) is 0 Å². The van der Waals surface area contributed by atoms with E-state index in [1.165, 1.54) is 134 Å². The second kappa shape index (κ2) is 53.1. The van der Waals surface area contributed by atoms with Crippen LogP contribution in [0.25, 0.3) is 0 Å². The molecule has 17 nitrogen and oxygen atoms in total. The zero-order valence-corrected chi connectivity index (χ0v) is 48.7. The van der Waals surface area contributed by atoms with Crippen LogP contribution in [0.15, 0.2) is 24.3 Å². The number of hydrogen-bond acceptors (Lipinski definition) is 11. The highest BCUT2D eigenvalue weighted by molar-refractivity contribution is 6.23. The lowest BCUT2D eigenvalue weighted by molar-refractivity contribution is -0.132. The van der Waals surface area contributed by atoms with Gasteiger partial charge in [0.05, 0.1) is 33.0 Å². The number of amides is 6. The van der Waals surface area contributed by atoms with Crippen molar-refractivity contribution >= 4 is 41.7 Å². The fraction of sp³-hybridized carbons (Fsp3) is 0.787. The summed E-state index contributed by atoms with van der Waals surface area (Å²) in [6.45, 7) is 7.60. The van der Waals surface area contributed by atoms with Crippen molar-refractivity contribution in [1.29, 1.82) is 0 Å². The summed E-state index contributed by atoms with van der Waals surface area (Å²) in [4.78, 5) is 87.8. The Hall–Kier alpha value is -4.61. The number of unbranched alkanes of at least 4 members (excludes halogenated alkanes) is 25. The summed E-state index contributed by atoms with van der Waals surface area (Å²) in [5.41, 5.74) is 0.671. The van der Waals surface area contributed by atoms with Crippen molar-refractivity contribution in [3.8, 4) is 5.75 Å². The van der Waals surface area contributed by atoms with Crippen molar-refractivity contribution in [3.05, 3.63) is 29.8 Å². The number of rotatable bonds is 56. The maximum Gasteiger partial charge on any atom is 0.284 e. The molecule has 78 heavy (non-hydrogen) atoms. The molecule has 17 heteroatoms. The molecule has 0 aliphatic rings. The Kier molecular flexibility index (Phi) is 48.6. The predicted octanol–water partition coefficient (Wildman–Crippen LogP) is 9.53. The Morgan fingerprint density at radius 2 is 0.859 bits per heavy atom. The molecule has 2 atom stereocenters. The van der Waals surface area contributed by atoms with E-state index < -0.39 is 35.7 Å². The number of phenolic OH excluding ortho intramolecular Hbond substituents is 1. The predicted molar refractivity (Wildman–Crippen MR) is 310 cm³/mol. The molecule has 1 aromatic carbocycles. The number of phenols is 1. The smallest absolute Gasteiger partial charge is 0.284 e. The van der Waals surface area contributed by atoms with Gasteiger partial charge in [-0.3, -0.25) is 33.6 Å². The average Bonchev–Trinajstić information content (AvgIpc) is 3.43. The fourth-order valence-electron chi connectivity index (χ4n) is 9.01. The minimum absolute atomic E-state index is 0.0260. The van der Waals surface area contributed by atoms with Crippen molar-refractivity contribution in [2.45, 2.75) is 244 Å². The van der Waals surface area contributed by atoms with E-state index >= 15 is 0 Å². The summed E-state index contributed by atoms with van der Waals surface area (Å²) in [5.74, 6) is -2.31. The van der Waals surface area contributed by atoms with E-state index in [0.29, 0.717) is 110 Å². The molecule has 0 fully saturated rings. The first-order valence-electron chi connectivity index (χ1n) is 30.7. The van der Waals surface area contributed by atoms with Crippen molar-refractivity contribution in [3.63, 3.8) is 0 Å². The lowest BCUT2D eigenvalue weighted by atomic mass is 10.0. The van der Waals surface area contributed by atoms with Crippen LogP contribution < -0.4 is 31.9 Å². The van der Waals surface area contributed by atoms with Crippen LogP contribution >= 0.6 is 0 Å². The summed E-state index contributed by atoms with van der Waals surface area (Å²) >= 11 is 0. The Morgan fingerprint density at radius 3 is 1.35 bits per heavy atom. The van der Waals surface area contributed by atoms with Crippen LogP contribution in [0.4, 0.5) is 0 Å². The Labute approximate surface area is 470 Å². The maximum absolute atomic E-state index is 14.1. The molecule has 1 aromatic rings. The normalized spacial score (nSPS) is 11.9. The lowest BCUT2D eigenvalue weighted by Crippen LogP contribution is -2.55. The van der Waals surface area contributed by atoms with E-state index in [4.69, 9.17) is 14.2 Å². The minimum Gasteiger partial charge on any atom is -0.508 e.